The molecule has 0 N–H and O–H groups in total. The van der Waals surface area contributed by atoms with Crippen LogP contribution in [0.3, 0.4) is 0 Å². The Morgan fingerprint density at radius 1 is 1.07 bits per heavy atom. The fourth-order valence-corrected chi connectivity index (χ4v) is 4.28. The van der Waals surface area contributed by atoms with Gasteiger partial charge in [0.05, 0.1) is 10.5 Å². The maximum absolute atomic E-state index is 12.9. The predicted octanol–water partition coefficient (Wildman–Crippen LogP) is 1.81. The maximum Gasteiger partial charge on any atom is 0.255 e. The van der Waals surface area contributed by atoms with E-state index in [9.17, 15) is 13.2 Å². The quantitative estimate of drug-likeness (QED) is 0.620. The lowest BCUT2D eigenvalue weighted by atomic mass is 10.1. The molecule has 1 aliphatic rings. The van der Waals surface area contributed by atoms with E-state index in [0.29, 0.717) is 37.9 Å². The van der Waals surface area contributed by atoms with Crippen molar-refractivity contribution in [3.8, 4) is 11.4 Å². The van der Waals surface area contributed by atoms with E-state index in [0.717, 1.165) is 17.6 Å². The second-order valence-electron chi connectivity index (χ2n) is 7.09. The molecular weight excluding hydrogens is 406 g/mol. The van der Waals surface area contributed by atoms with Gasteiger partial charge >= 0.3 is 0 Å². The van der Waals surface area contributed by atoms with Crippen molar-refractivity contribution in [3.05, 3.63) is 54.0 Å². The number of carbonyl (C=O) groups is 1. The van der Waals surface area contributed by atoms with Crippen LogP contribution in [0.1, 0.15) is 16.2 Å². The van der Waals surface area contributed by atoms with E-state index in [1.54, 1.807) is 36.2 Å². The number of carbonyl (C=O) groups excluding carboxylic acids is 1. The topological polar surface area (TPSA) is 110 Å². The van der Waals surface area contributed by atoms with Crippen molar-refractivity contribution in [1.29, 1.82) is 0 Å². The summed E-state index contributed by atoms with van der Waals surface area (Å²) in [5.41, 5.74) is 0.980. The van der Waals surface area contributed by atoms with Gasteiger partial charge in [0.2, 0.25) is 11.7 Å². The van der Waals surface area contributed by atoms with Gasteiger partial charge in [-0.15, -0.1) is 0 Å². The molecule has 0 atom stereocenters. The number of anilines is 1. The van der Waals surface area contributed by atoms with Crippen LogP contribution >= 0.6 is 0 Å². The van der Waals surface area contributed by atoms with Crippen LogP contribution in [0.2, 0.25) is 0 Å². The molecule has 0 unspecified atom stereocenters. The first kappa shape index (κ1) is 20.0. The van der Waals surface area contributed by atoms with E-state index < -0.39 is 9.84 Å². The van der Waals surface area contributed by atoms with Gasteiger partial charge in [0, 0.05) is 51.1 Å². The van der Waals surface area contributed by atoms with E-state index in [-0.39, 0.29) is 16.4 Å². The lowest BCUT2D eigenvalue weighted by molar-refractivity contribution is 0.0742. The van der Waals surface area contributed by atoms with E-state index >= 15 is 0 Å². The summed E-state index contributed by atoms with van der Waals surface area (Å²) in [7, 11) is -3.48. The van der Waals surface area contributed by atoms with Gasteiger partial charge in [-0.05, 0) is 24.3 Å². The standard InChI is InChI=1S/C20H21N5O4S/c1-14-22-19(23-29-14)15-7-8-18(21-13-15)24-9-11-25(12-10-24)20(26)16-5-3-4-6-17(16)30(2,27)28/h3-8,13H,9-12H2,1-2H3. The molecule has 4 rings (SSSR count). The molecule has 9 nitrogen and oxygen atoms in total. The number of piperazine rings is 1. The first-order chi connectivity index (χ1) is 14.3. The number of hydrogen-bond acceptors (Lipinski definition) is 8. The van der Waals surface area contributed by atoms with Crippen LogP contribution in [0.15, 0.2) is 52.0 Å². The van der Waals surface area contributed by atoms with Crippen LogP contribution in [0.25, 0.3) is 11.4 Å². The van der Waals surface area contributed by atoms with Gasteiger partial charge in [-0.2, -0.15) is 4.98 Å². The molecule has 0 radical (unpaired) electrons. The third-order valence-corrected chi connectivity index (χ3v) is 6.10. The Morgan fingerprint density at radius 3 is 2.40 bits per heavy atom. The molecule has 30 heavy (non-hydrogen) atoms. The highest BCUT2D eigenvalue weighted by atomic mass is 32.2. The molecule has 0 bridgehead atoms. The summed E-state index contributed by atoms with van der Waals surface area (Å²) in [6.45, 7) is 3.88. The molecule has 10 heteroatoms. The fourth-order valence-electron chi connectivity index (χ4n) is 3.40. The average Bonchev–Trinajstić information content (AvgIpc) is 3.19. The normalized spacial score (nSPS) is 14.7. The van der Waals surface area contributed by atoms with Gasteiger partial charge in [0.15, 0.2) is 9.84 Å². The molecular formula is C20H21N5O4S. The van der Waals surface area contributed by atoms with Crippen LogP contribution in [0.5, 0.6) is 0 Å². The van der Waals surface area contributed by atoms with Crippen LogP contribution in [-0.4, -0.2) is 66.8 Å². The Morgan fingerprint density at radius 2 is 1.80 bits per heavy atom. The monoisotopic (exact) mass is 427 g/mol. The van der Waals surface area contributed by atoms with Gasteiger partial charge in [0.25, 0.3) is 5.91 Å². The molecule has 3 heterocycles. The highest BCUT2D eigenvalue weighted by Gasteiger charge is 2.26. The molecule has 0 spiro atoms. The van der Waals surface area contributed by atoms with Gasteiger partial charge in [-0.1, -0.05) is 17.3 Å². The lowest BCUT2D eigenvalue weighted by Crippen LogP contribution is -2.49. The molecule has 0 aliphatic carbocycles. The van der Waals surface area contributed by atoms with Gasteiger partial charge < -0.3 is 14.3 Å². The number of aromatic nitrogens is 3. The van der Waals surface area contributed by atoms with Crippen molar-refractivity contribution in [2.75, 3.05) is 37.3 Å². The first-order valence-corrected chi connectivity index (χ1v) is 11.3. The van der Waals surface area contributed by atoms with Crippen molar-refractivity contribution < 1.29 is 17.7 Å². The van der Waals surface area contributed by atoms with Crippen LogP contribution < -0.4 is 4.90 Å². The zero-order valence-electron chi connectivity index (χ0n) is 16.6. The summed E-state index contributed by atoms with van der Waals surface area (Å²) in [4.78, 5) is 25.4. The Hall–Kier alpha value is -3.27. The van der Waals surface area contributed by atoms with E-state index in [1.165, 1.54) is 6.07 Å². The minimum atomic E-state index is -3.48. The average molecular weight is 427 g/mol. The van der Waals surface area contributed by atoms with Crippen LogP contribution in [0.4, 0.5) is 5.82 Å². The summed E-state index contributed by atoms with van der Waals surface area (Å²) in [5, 5.41) is 3.88. The summed E-state index contributed by atoms with van der Waals surface area (Å²) < 4.78 is 29.0. The molecule has 156 valence electrons. The maximum atomic E-state index is 12.9. The lowest BCUT2D eigenvalue weighted by Gasteiger charge is -2.35. The SMILES string of the molecule is Cc1nc(-c2ccc(N3CCN(C(=O)c4ccccc4S(C)(=O)=O)CC3)nc2)no1. The smallest absolute Gasteiger partial charge is 0.255 e. The molecule has 2 aromatic heterocycles. The van der Waals surface area contributed by atoms with Crippen molar-refractivity contribution in [2.24, 2.45) is 0 Å². The Kier molecular flexibility index (Phi) is 5.25. The highest BCUT2D eigenvalue weighted by molar-refractivity contribution is 7.90. The predicted molar refractivity (Wildman–Crippen MR) is 110 cm³/mol. The molecule has 0 saturated carbocycles. The highest BCUT2D eigenvalue weighted by Crippen LogP contribution is 2.21. The fraction of sp³-hybridized carbons (Fsp3) is 0.300. The summed E-state index contributed by atoms with van der Waals surface area (Å²) >= 11 is 0. The number of benzene rings is 1. The third-order valence-electron chi connectivity index (χ3n) is 4.94. The van der Waals surface area contributed by atoms with E-state index in [4.69, 9.17) is 4.52 Å². The summed E-state index contributed by atoms with van der Waals surface area (Å²) in [6.07, 6.45) is 2.81. The summed E-state index contributed by atoms with van der Waals surface area (Å²) in [6, 6.07) is 10.1. The van der Waals surface area contributed by atoms with E-state index in [1.807, 2.05) is 12.1 Å². The van der Waals surface area contributed by atoms with Crippen LogP contribution in [0, 0.1) is 6.92 Å². The van der Waals surface area contributed by atoms with E-state index in [2.05, 4.69) is 20.0 Å². The molecule has 1 saturated heterocycles. The number of aryl methyl sites for hydroxylation is 1. The number of amides is 1. The van der Waals surface area contributed by atoms with Crippen molar-refractivity contribution in [2.45, 2.75) is 11.8 Å². The number of nitrogens with zero attached hydrogens (tertiary/aromatic N) is 5. The minimum Gasteiger partial charge on any atom is -0.353 e. The van der Waals surface area contributed by atoms with Crippen molar-refractivity contribution in [1.82, 2.24) is 20.0 Å². The van der Waals surface area contributed by atoms with Gasteiger partial charge in [-0.25, -0.2) is 13.4 Å². The molecule has 1 fully saturated rings. The Bertz CT molecular complexity index is 1170. The number of rotatable bonds is 4. The number of pyridine rings is 1. The zero-order valence-corrected chi connectivity index (χ0v) is 17.5. The molecule has 1 aromatic carbocycles. The van der Waals surface area contributed by atoms with Crippen molar-refractivity contribution >= 4 is 21.6 Å². The Balaban J connectivity index is 1.44. The van der Waals surface area contributed by atoms with Crippen LogP contribution in [-0.2, 0) is 9.84 Å². The number of sulfone groups is 1. The largest absolute Gasteiger partial charge is 0.353 e. The van der Waals surface area contributed by atoms with Gasteiger partial charge in [0.1, 0.15) is 5.82 Å². The third kappa shape index (κ3) is 4.04. The minimum absolute atomic E-state index is 0.0615. The first-order valence-electron chi connectivity index (χ1n) is 9.43. The molecule has 3 aromatic rings. The Labute approximate surface area is 174 Å². The molecule has 1 amide bonds. The zero-order chi connectivity index (χ0) is 21.3. The molecule has 1 aliphatic heterocycles. The second kappa shape index (κ2) is 7.86. The number of hydrogen-bond donors (Lipinski definition) is 0. The summed E-state index contributed by atoms with van der Waals surface area (Å²) in [5.74, 6) is 1.51. The second-order valence-corrected chi connectivity index (χ2v) is 9.07. The van der Waals surface area contributed by atoms with Gasteiger partial charge in [-0.3, -0.25) is 4.79 Å². The van der Waals surface area contributed by atoms with Crippen molar-refractivity contribution in [3.63, 3.8) is 0 Å².